The maximum absolute atomic E-state index is 12.0. The summed E-state index contributed by atoms with van der Waals surface area (Å²) in [6, 6.07) is -0.253. The second-order valence-electron chi connectivity index (χ2n) is 5.95. The summed E-state index contributed by atoms with van der Waals surface area (Å²) in [5, 5.41) is 13.4. The molecule has 6 nitrogen and oxygen atoms in total. The van der Waals surface area contributed by atoms with E-state index in [1.807, 2.05) is 0 Å². The first-order valence-electron chi connectivity index (χ1n) is 8.19. The van der Waals surface area contributed by atoms with Gasteiger partial charge in [0.1, 0.15) is 0 Å². The van der Waals surface area contributed by atoms with Gasteiger partial charge in [-0.2, -0.15) is 0 Å². The quantitative estimate of drug-likeness (QED) is 0.727. The van der Waals surface area contributed by atoms with E-state index in [4.69, 9.17) is 0 Å². The van der Waals surface area contributed by atoms with Crippen LogP contribution in [0.1, 0.15) is 40.0 Å². The van der Waals surface area contributed by atoms with E-state index in [-0.39, 0.29) is 17.7 Å². The van der Waals surface area contributed by atoms with Gasteiger partial charge in [0.25, 0.3) is 0 Å². The zero-order valence-corrected chi connectivity index (χ0v) is 16.7. The van der Waals surface area contributed by atoms with Crippen molar-refractivity contribution >= 4 is 46.8 Å². The molecule has 0 aliphatic heterocycles. The van der Waals surface area contributed by atoms with Crippen LogP contribution in [0, 0.1) is 11.8 Å². The third kappa shape index (κ3) is 5.93. The van der Waals surface area contributed by atoms with E-state index < -0.39 is 6.03 Å². The van der Waals surface area contributed by atoms with Crippen LogP contribution in [0.25, 0.3) is 0 Å². The van der Waals surface area contributed by atoms with E-state index >= 15 is 0 Å². The van der Waals surface area contributed by atoms with Gasteiger partial charge in [-0.15, -0.1) is 10.2 Å². The molecule has 1 saturated carbocycles. The monoisotopic (exact) mass is 388 g/mol. The normalized spacial score (nSPS) is 23.7. The van der Waals surface area contributed by atoms with Crippen LogP contribution < -0.4 is 10.6 Å². The zero-order valence-electron chi connectivity index (χ0n) is 14.2. The number of rotatable bonds is 6. The molecule has 0 spiro atoms. The summed E-state index contributed by atoms with van der Waals surface area (Å²) >= 11 is 4.40. The highest BCUT2D eigenvalue weighted by molar-refractivity contribution is 8.03. The molecular formula is C15H24N4O2S3. The Morgan fingerprint density at radius 2 is 1.92 bits per heavy atom. The molecule has 0 bridgehead atoms. The average molecular weight is 389 g/mol. The first-order chi connectivity index (χ1) is 11.5. The maximum Gasteiger partial charge on any atom is 0.321 e. The number of urea groups is 1. The predicted molar refractivity (Wildman–Crippen MR) is 99.7 cm³/mol. The SMILES string of the molecule is CCSc1nnc(SCC(=O)NC(=O)N[C@@H]2CCC[C@H](C)[C@@H]2C)s1. The molecule has 3 amide bonds. The largest absolute Gasteiger partial charge is 0.335 e. The first kappa shape index (κ1) is 19.5. The Kier molecular flexibility index (Phi) is 7.83. The number of aromatic nitrogens is 2. The molecule has 0 aromatic carbocycles. The van der Waals surface area contributed by atoms with Crippen LogP contribution >= 0.6 is 34.9 Å². The van der Waals surface area contributed by atoms with Crippen molar-refractivity contribution in [2.24, 2.45) is 11.8 Å². The lowest BCUT2D eigenvalue weighted by Crippen LogP contribution is -2.49. The van der Waals surface area contributed by atoms with Gasteiger partial charge < -0.3 is 5.32 Å². The molecule has 1 aliphatic carbocycles. The summed E-state index contributed by atoms with van der Waals surface area (Å²) < 4.78 is 1.65. The summed E-state index contributed by atoms with van der Waals surface area (Å²) in [5.41, 5.74) is 0. The number of carbonyl (C=O) groups excluding carboxylic acids is 2. The Bertz CT molecular complexity index is 567. The molecule has 9 heteroatoms. The van der Waals surface area contributed by atoms with Gasteiger partial charge in [-0.25, -0.2) is 4.79 Å². The minimum Gasteiger partial charge on any atom is -0.335 e. The second kappa shape index (κ2) is 9.62. The van der Waals surface area contributed by atoms with Crippen molar-refractivity contribution in [2.75, 3.05) is 11.5 Å². The van der Waals surface area contributed by atoms with Crippen molar-refractivity contribution < 1.29 is 9.59 Å². The minimum atomic E-state index is -0.397. The maximum atomic E-state index is 12.0. The number of hydrogen-bond acceptors (Lipinski definition) is 7. The number of thioether (sulfide) groups is 2. The van der Waals surface area contributed by atoms with E-state index in [1.165, 1.54) is 29.5 Å². The van der Waals surface area contributed by atoms with E-state index in [0.29, 0.717) is 11.8 Å². The molecule has 1 aromatic rings. The fourth-order valence-corrected chi connectivity index (χ4v) is 5.43. The van der Waals surface area contributed by atoms with Gasteiger partial charge in [0, 0.05) is 6.04 Å². The number of imide groups is 1. The Morgan fingerprint density at radius 3 is 2.62 bits per heavy atom. The van der Waals surface area contributed by atoms with E-state index in [1.54, 1.807) is 11.8 Å². The van der Waals surface area contributed by atoms with Crippen molar-refractivity contribution in [1.82, 2.24) is 20.8 Å². The van der Waals surface area contributed by atoms with Crippen LogP contribution in [0.15, 0.2) is 8.68 Å². The number of amides is 3. The van der Waals surface area contributed by atoms with Crippen molar-refractivity contribution in [3.63, 3.8) is 0 Å². The molecular weight excluding hydrogens is 364 g/mol. The van der Waals surface area contributed by atoms with E-state index in [2.05, 4.69) is 41.6 Å². The third-order valence-electron chi connectivity index (χ3n) is 4.26. The van der Waals surface area contributed by atoms with Crippen molar-refractivity contribution in [1.29, 1.82) is 0 Å². The highest BCUT2D eigenvalue weighted by Gasteiger charge is 2.28. The minimum absolute atomic E-state index is 0.144. The summed E-state index contributed by atoms with van der Waals surface area (Å²) in [5.74, 6) is 1.83. The van der Waals surface area contributed by atoms with Crippen molar-refractivity contribution in [3.8, 4) is 0 Å². The summed E-state index contributed by atoms with van der Waals surface area (Å²) in [6.45, 7) is 6.43. The standard InChI is InChI=1S/C15H24N4O2S3/c1-4-22-14-18-19-15(24-14)23-8-12(20)17-13(21)16-11-7-5-6-9(2)10(11)3/h9-11H,4-8H2,1-3H3,(H2,16,17,20,21)/t9-,10-,11+/m0/s1. The fourth-order valence-electron chi connectivity index (χ4n) is 2.72. The second-order valence-corrected chi connectivity index (χ2v) is 9.66. The van der Waals surface area contributed by atoms with Crippen molar-refractivity contribution in [2.45, 2.75) is 54.8 Å². The van der Waals surface area contributed by atoms with Crippen LogP contribution in [0.5, 0.6) is 0 Å². The molecule has 0 saturated heterocycles. The molecule has 0 unspecified atom stereocenters. The lowest BCUT2D eigenvalue weighted by Gasteiger charge is -2.34. The lowest BCUT2D eigenvalue weighted by molar-refractivity contribution is -0.117. The number of carbonyl (C=O) groups is 2. The van der Waals surface area contributed by atoms with Gasteiger partial charge in [-0.1, -0.05) is 68.5 Å². The van der Waals surface area contributed by atoms with Crippen molar-refractivity contribution in [3.05, 3.63) is 0 Å². The Hall–Kier alpha value is -0.800. The van der Waals surface area contributed by atoms with E-state index in [9.17, 15) is 9.59 Å². The molecule has 2 N–H and O–H groups in total. The topological polar surface area (TPSA) is 84.0 Å². The molecule has 24 heavy (non-hydrogen) atoms. The third-order valence-corrected chi connectivity index (χ3v) is 7.33. The molecule has 1 fully saturated rings. The van der Waals surface area contributed by atoms with Crippen LogP contribution in [0.3, 0.4) is 0 Å². The predicted octanol–water partition coefficient (Wildman–Crippen LogP) is 3.39. The molecule has 3 atom stereocenters. The Morgan fingerprint density at radius 1 is 1.21 bits per heavy atom. The lowest BCUT2D eigenvalue weighted by atomic mass is 9.78. The zero-order chi connectivity index (χ0) is 17.5. The number of nitrogens with zero attached hydrogens (tertiary/aromatic N) is 2. The summed E-state index contributed by atoms with van der Waals surface area (Å²) in [7, 11) is 0. The van der Waals surface area contributed by atoms with Crippen LogP contribution in [-0.2, 0) is 4.79 Å². The molecule has 134 valence electrons. The Balaban J connectivity index is 1.72. The van der Waals surface area contributed by atoms with Gasteiger partial charge >= 0.3 is 6.03 Å². The molecule has 0 radical (unpaired) electrons. The van der Waals surface area contributed by atoms with E-state index in [0.717, 1.165) is 27.3 Å². The van der Waals surface area contributed by atoms with Crippen LogP contribution in [0.2, 0.25) is 0 Å². The van der Waals surface area contributed by atoms with Crippen LogP contribution in [0.4, 0.5) is 4.79 Å². The summed E-state index contributed by atoms with van der Waals surface area (Å²) in [6.07, 6.45) is 3.30. The number of hydrogen-bond donors (Lipinski definition) is 2. The van der Waals surface area contributed by atoms with Gasteiger partial charge in [-0.3, -0.25) is 10.1 Å². The molecule has 2 rings (SSSR count). The van der Waals surface area contributed by atoms with Gasteiger partial charge in [0.2, 0.25) is 5.91 Å². The van der Waals surface area contributed by atoms with Gasteiger partial charge in [-0.05, 0) is 24.0 Å². The van der Waals surface area contributed by atoms with Crippen LogP contribution in [-0.4, -0.2) is 39.7 Å². The summed E-state index contributed by atoms with van der Waals surface area (Å²) in [4.78, 5) is 23.9. The van der Waals surface area contributed by atoms with Gasteiger partial charge in [0.15, 0.2) is 8.68 Å². The average Bonchev–Trinajstić information content (AvgIpc) is 2.98. The Labute approximate surface area is 155 Å². The van der Waals surface area contributed by atoms with Gasteiger partial charge in [0.05, 0.1) is 5.75 Å². The highest BCUT2D eigenvalue weighted by Crippen LogP contribution is 2.30. The fraction of sp³-hybridized carbons (Fsp3) is 0.733. The molecule has 1 heterocycles. The molecule has 1 aliphatic rings. The first-order valence-corrected chi connectivity index (χ1v) is 11.0. The smallest absolute Gasteiger partial charge is 0.321 e. The highest BCUT2D eigenvalue weighted by atomic mass is 32.2. The molecule has 1 aromatic heterocycles. The number of nitrogens with one attached hydrogen (secondary N) is 2.